The van der Waals surface area contributed by atoms with E-state index in [0.29, 0.717) is 22.2 Å². The molecule has 0 spiro atoms. The monoisotopic (exact) mass is 229 g/mol. The molecule has 0 aromatic heterocycles. The van der Waals surface area contributed by atoms with E-state index in [1.165, 1.54) is 6.08 Å². The van der Waals surface area contributed by atoms with E-state index in [4.69, 9.17) is 28.4 Å². The highest BCUT2D eigenvalue weighted by atomic mass is 35.5. The Labute approximate surface area is 92.5 Å². The maximum Gasteiger partial charge on any atom is 0.0834 e. The highest BCUT2D eigenvalue weighted by Crippen LogP contribution is 2.24. The molecule has 0 aliphatic carbocycles. The molecule has 1 aromatic carbocycles. The van der Waals surface area contributed by atoms with Crippen LogP contribution in [0.4, 0.5) is 0 Å². The fraction of sp³-hybridized carbons (Fsp3) is 0.100. The van der Waals surface area contributed by atoms with E-state index >= 15 is 0 Å². The molecule has 0 heterocycles. The summed E-state index contributed by atoms with van der Waals surface area (Å²) in [5.41, 5.74) is 1.17. The van der Waals surface area contributed by atoms with Crippen LogP contribution in [0.2, 0.25) is 10.0 Å². The van der Waals surface area contributed by atoms with Crippen molar-refractivity contribution >= 4 is 28.9 Å². The van der Waals surface area contributed by atoms with E-state index in [1.54, 1.807) is 18.2 Å². The van der Waals surface area contributed by atoms with Crippen LogP contribution in [0.25, 0.3) is 0 Å². The largest absolute Gasteiger partial charge is 0.411 e. The molecule has 0 saturated heterocycles. The minimum Gasteiger partial charge on any atom is -0.411 e. The molecule has 2 nitrogen and oxygen atoms in total. The smallest absolute Gasteiger partial charge is 0.0834 e. The zero-order valence-electron chi connectivity index (χ0n) is 7.37. The predicted octanol–water partition coefficient (Wildman–Crippen LogP) is 3.55. The molecule has 1 aromatic rings. The fourth-order valence-corrected chi connectivity index (χ4v) is 1.56. The van der Waals surface area contributed by atoms with Gasteiger partial charge in [-0.15, -0.1) is 0 Å². The highest BCUT2D eigenvalue weighted by molar-refractivity contribution is 6.36. The summed E-state index contributed by atoms with van der Waals surface area (Å²) in [4.78, 5) is 0. The normalized spacial score (nSPS) is 11.4. The quantitative estimate of drug-likeness (QED) is 0.480. The van der Waals surface area contributed by atoms with Gasteiger partial charge in [0.15, 0.2) is 0 Å². The molecule has 0 aliphatic heterocycles. The van der Waals surface area contributed by atoms with Gasteiger partial charge in [-0.2, -0.15) is 0 Å². The number of rotatable bonds is 3. The minimum atomic E-state index is 0.374. The third-order valence-corrected chi connectivity index (χ3v) is 2.49. The SMILES string of the molecule is C=C/C(Cc1c(Cl)cccc1Cl)=N\O. The van der Waals surface area contributed by atoms with Gasteiger partial charge in [0.2, 0.25) is 0 Å². The molecule has 74 valence electrons. The molecular weight excluding hydrogens is 221 g/mol. The lowest BCUT2D eigenvalue weighted by Gasteiger charge is -2.05. The number of halogens is 2. The Bertz CT molecular complexity index is 354. The second-order valence-electron chi connectivity index (χ2n) is 2.67. The van der Waals surface area contributed by atoms with E-state index in [-0.39, 0.29) is 0 Å². The lowest BCUT2D eigenvalue weighted by atomic mass is 10.1. The summed E-state index contributed by atoms with van der Waals surface area (Å²) in [6.07, 6.45) is 1.83. The third kappa shape index (κ3) is 2.50. The Kier molecular flexibility index (Phi) is 3.98. The van der Waals surface area contributed by atoms with Crippen LogP contribution in [-0.4, -0.2) is 10.9 Å². The van der Waals surface area contributed by atoms with Gasteiger partial charge < -0.3 is 5.21 Å². The van der Waals surface area contributed by atoms with Crippen LogP contribution < -0.4 is 0 Å². The van der Waals surface area contributed by atoms with E-state index in [0.717, 1.165) is 5.56 Å². The van der Waals surface area contributed by atoms with Gasteiger partial charge >= 0.3 is 0 Å². The van der Waals surface area contributed by atoms with Crippen LogP contribution in [0.5, 0.6) is 0 Å². The Hall–Kier alpha value is -0.990. The molecule has 0 aliphatic rings. The molecule has 0 fully saturated rings. The van der Waals surface area contributed by atoms with E-state index in [9.17, 15) is 0 Å². The Morgan fingerprint density at radius 3 is 2.43 bits per heavy atom. The molecule has 0 saturated carbocycles. The van der Waals surface area contributed by atoms with Gasteiger partial charge in [0.1, 0.15) is 0 Å². The average molecular weight is 230 g/mol. The second kappa shape index (κ2) is 5.03. The van der Waals surface area contributed by atoms with Crippen LogP contribution in [0, 0.1) is 0 Å². The Balaban J connectivity index is 3.02. The summed E-state index contributed by atoms with van der Waals surface area (Å²) in [7, 11) is 0. The summed E-state index contributed by atoms with van der Waals surface area (Å²) >= 11 is 11.9. The van der Waals surface area contributed by atoms with Gasteiger partial charge in [-0.3, -0.25) is 0 Å². The summed E-state index contributed by atoms with van der Waals surface area (Å²) in [5, 5.41) is 12.8. The molecule has 0 radical (unpaired) electrons. The van der Waals surface area contributed by atoms with E-state index < -0.39 is 0 Å². The lowest BCUT2D eigenvalue weighted by molar-refractivity contribution is 0.318. The average Bonchev–Trinajstić information content (AvgIpc) is 2.18. The topological polar surface area (TPSA) is 32.6 Å². The first-order chi connectivity index (χ1) is 6.69. The number of nitrogens with zero attached hydrogens (tertiary/aromatic N) is 1. The molecule has 1 N–H and O–H groups in total. The van der Waals surface area contributed by atoms with Crippen molar-refractivity contribution in [3.8, 4) is 0 Å². The van der Waals surface area contributed by atoms with Gasteiger partial charge in [-0.1, -0.05) is 41.0 Å². The maximum absolute atomic E-state index is 8.60. The summed E-state index contributed by atoms with van der Waals surface area (Å²) in [6.45, 7) is 3.51. The van der Waals surface area contributed by atoms with Crippen molar-refractivity contribution in [2.45, 2.75) is 6.42 Å². The van der Waals surface area contributed by atoms with Crippen LogP contribution in [0.3, 0.4) is 0 Å². The van der Waals surface area contributed by atoms with Crippen molar-refractivity contribution in [3.63, 3.8) is 0 Å². The molecule has 0 atom stereocenters. The third-order valence-electron chi connectivity index (χ3n) is 1.78. The summed E-state index contributed by atoms with van der Waals surface area (Å²) in [5.74, 6) is 0. The van der Waals surface area contributed by atoms with Gasteiger partial charge in [-0.05, 0) is 23.8 Å². The first-order valence-electron chi connectivity index (χ1n) is 3.95. The molecule has 1 rings (SSSR count). The first kappa shape index (κ1) is 11.1. The predicted molar refractivity (Wildman–Crippen MR) is 59.6 cm³/mol. The Morgan fingerprint density at radius 2 is 2.00 bits per heavy atom. The van der Waals surface area contributed by atoms with Crippen LogP contribution in [0.15, 0.2) is 36.0 Å². The van der Waals surface area contributed by atoms with Crippen LogP contribution >= 0.6 is 23.2 Å². The van der Waals surface area contributed by atoms with Gasteiger partial charge in [-0.25, -0.2) is 0 Å². The minimum absolute atomic E-state index is 0.374. The van der Waals surface area contributed by atoms with Crippen molar-refractivity contribution in [1.29, 1.82) is 0 Å². The van der Waals surface area contributed by atoms with Crippen LogP contribution in [0.1, 0.15) is 5.56 Å². The van der Waals surface area contributed by atoms with E-state index in [2.05, 4.69) is 11.7 Å². The number of hydrogen-bond acceptors (Lipinski definition) is 2. The van der Waals surface area contributed by atoms with Crippen molar-refractivity contribution < 1.29 is 5.21 Å². The molecule has 14 heavy (non-hydrogen) atoms. The standard InChI is InChI=1S/C10H9Cl2NO/c1-2-7(13-14)6-8-9(11)4-3-5-10(8)12/h2-5,14H,1,6H2/b13-7+. The zero-order valence-corrected chi connectivity index (χ0v) is 8.89. The fourth-order valence-electron chi connectivity index (χ4n) is 1.03. The second-order valence-corrected chi connectivity index (χ2v) is 3.49. The van der Waals surface area contributed by atoms with Gasteiger partial charge in [0, 0.05) is 16.5 Å². The molecule has 0 bridgehead atoms. The van der Waals surface area contributed by atoms with Crippen molar-refractivity contribution in [2.75, 3.05) is 0 Å². The van der Waals surface area contributed by atoms with Crippen LogP contribution in [-0.2, 0) is 6.42 Å². The van der Waals surface area contributed by atoms with Gasteiger partial charge in [0.05, 0.1) is 5.71 Å². The number of oxime groups is 1. The van der Waals surface area contributed by atoms with Crippen molar-refractivity contribution in [2.24, 2.45) is 5.16 Å². The van der Waals surface area contributed by atoms with Crippen molar-refractivity contribution in [3.05, 3.63) is 46.5 Å². The van der Waals surface area contributed by atoms with Crippen molar-refractivity contribution in [1.82, 2.24) is 0 Å². The summed E-state index contributed by atoms with van der Waals surface area (Å²) < 4.78 is 0. The first-order valence-corrected chi connectivity index (χ1v) is 4.71. The van der Waals surface area contributed by atoms with Gasteiger partial charge in [0.25, 0.3) is 0 Å². The molecular formula is C10H9Cl2NO. The van der Waals surface area contributed by atoms with E-state index in [1.807, 2.05) is 0 Å². The molecule has 0 unspecified atom stereocenters. The summed E-state index contributed by atoms with van der Waals surface area (Å²) in [6, 6.07) is 5.24. The maximum atomic E-state index is 8.60. The molecule has 4 heteroatoms. The number of benzene rings is 1. The Morgan fingerprint density at radius 1 is 1.43 bits per heavy atom. The highest BCUT2D eigenvalue weighted by Gasteiger charge is 2.07. The zero-order chi connectivity index (χ0) is 10.6. The lowest BCUT2D eigenvalue weighted by Crippen LogP contribution is -2.00. The number of allylic oxidation sites excluding steroid dienone is 1. The number of hydrogen-bond donors (Lipinski definition) is 1. The molecule has 0 amide bonds.